The highest BCUT2D eigenvalue weighted by atomic mass is 32.2. The second kappa shape index (κ2) is 6.18. The first kappa shape index (κ1) is 16.4. The molecule has 0 bridgehead atoms. The van der Waals surface area contributed by atoms with Gasteiger partial charge in [-0.2, -0.15) is 0 Å². The molecule has 0 radical (unpaired) electrons. The molecular formula is C10H16N2O7S. The highest BCUT2D eigenvalue weighted by molar-refractivity contribution is 7.91. The van der Waals surface area contributed by atoms with Crippen molar-refractivity contribution in [3.63, 3.8) is 0 Å². The maximum Gasteiger partial charge on any atom is 0.323 e. The molecular weight excluding hydrogens is 292 g/mol. The molecule has 1 aliphatic heterocycles. The maximum atomic E-state index is 12.0. The fourth-order valence-electron chi connectivity index (χ4n) is 2.04. The SMILES string of the molecule is NC(CC(=O)O)C(=O)N(CC(=O)O)C1CCS(=O)(=O)C1. The number of aliphatic carboxylic acids is 2. The molecule has 2 atom stereocenters. The van der Waals surface area contributed by atoms with E-state index in [1.165, 1.54) is 0 Å². The lowest BCUT2D eigenvalue weighted by Crippen LogP contribution is -2.51. The predicted molar refractivity (Wildman–Crippen MR) is 66.6 cm³/mol. The first-order valence-corrected chi connectivity index (χ1v) is 7.64. The summed E-state index contributed by atoms with van der Waals surface area (Å²) in [6.45, 7) is -0.702. The second-order valence-corrected chi connectivity index (χ2v) is 6.85. The van der Waals surface area contributed by atoms with E-state index in [-0.39, 0.29) is 17.9 Å². The Bertz CT molecular complexity index is 516. The number of nitrogens with two attached hydrogens (primary N) is 1. The van der Waals surface area contributed by atoms with Crippen LogP contribution in [0, 0.1) is 0 Å². The first-order valence-electron chi connectivity index (χ1n) is 5.82. The van der Waals surface area contributed by atoms with Crippen LogP contribution in [0.25, 0.3) is 0 Å². The van der Waals surface area contributed by atoms with Crippen LogP contribution in [0.4, 0.5) is 0 Å². The Kier molecular flexibility index (Phi) is 5.06. The van der Waals surface area contributed by atoms with E-state index in [1.807, 2.05) is 0 Å². The first-order chi connectivity index (χ1) is 9.12. The summed E-state index contributed by atoms with van der Waals surface area (Å²) in [7, 11) is -3.30. The van der Waals surface area contributed by atoms with E-state index in [2.05, 4.69) is 0 Å². The predicted octanol–water partition coefficient (Wildman–Crippen LogP) is -2.11. The van der Waals surface area contributed by atoms with Gasteiger partial charge in [-0.25, -0.2) is 8.42 Å². The van der Waals surface area contributed by atoms with Gasteiger partial charge >= 0.3 is 11.9 Å². The zero-order valence-corrected chi connectivity index (χ0v) is 11.4. The third kappa shape index (κ3) is 4.46. The zero-order valence-electron chi connectivity index (χ0n) is 10.6. The lowest BCUT2D eigenvalue weighted by Gasteiger charge is -2.28. The van der Waals surface area contributed by atoms with E-state index in [4.69, 9.17) is 15.9 Å². The molecule has 10 heteroatoms. The fourth-order valence-corrected chi connectivity index (χ4v) is 3.77. The molecule has 0 aromatic rings. The number of carbonyl (C=O) groups is 3. The molecule has 9 nitrogen and oxygen atoms in total. The number of hydrogen-bond acceptors (Lipinski definition) is 6. The van der Waals surface area contributed by atoms with Gasteiger partial charge in [-0.3, -0.25) is 14.4 Å². The number of carboxylic acids is 2. The Labute approximate surface area is 115 Å². The maximum absolute atomic E-state index is 12.0. The quantitative estimate of drug-likeness (QED) is 0.503. The summed E-state index contributed by atoms with van der Waals surface area (Å²) in [5, 5.41) is 17.4. The molecule has 0 spiro atoms. The average molecular weight is 308 g/mol. The van der Waals surface area contributed by atoms with Crippen LogP contribution in [0.2, 0.25) is 0 Å². The summed E-state index contributed by atoms with van der Waals surface area (Å²) in [6.07, 6.45) is -0.518. The van der Waals surface area contributed by atoms with Crippen LogP contribution in [-0.2, 0) is 24.2 Å². The van der Waals surface area contributed by atoms with Gasteiger partial charge in [0.15, 0.2) is 9.84 Å². The number of amides is 1. The van der Waals surface area contributed by atoms with E-state index in [0.29, 0.717) is 0 Å². The van der Waals surface area contributed by atoms with E-state index < -0.39 is 52.7 Å². The van der Waals surface area contributed by atoms with E-state index in [0.717, 1.165) is 4.90 Å². The fraction of sp³-hybridized carbons (Fsp3) is 0.700. The molecule has 0 saturated carbocycles. The van der Waals surface area contributed by atoms with Crippen LogP contribution >= 0.6 is 0 Å². The van der Waals surface area contributed by atoms with Crippen molar-refractivity contribution >= 4 is 27.7 Å². The Hall–Kier alpha value is -1.68. The van der Waals surface area contributed by atoms with Gasteiger partial charge in [0.2, 0.25) is 5.91 Å². The summed E-state index contributed by atoms with van der Waals surface area (Å²) >= 11 is 0. The van der Waals surface area contributed by atoms with Gasteiger partial charge in [-0.05, 0) is 6.42 Å². The lowest BCUT2D eigenvalue weighted by atomic mass is 10.1. The number of sulfone groups is 1. The molecule has 0 aromatic carbocycles. The van der Waals surface area contributed by atoms with Crippen molar-refractivity contribution in [1.82, 2.24) is 4.90 Å². The number of carboxylic acid groups (broad SMARTS) is 2. The third-order valence-corrected chi connectivity index (χ3v) is 4.70. The highest BCUT2D eigenvalue weighted by Gasteiger charge is 2.37. The normalized spacial score (nSPS) is 22.1. The Morgan fingerprint density at radius 2 is 1.85 bits per heavy atom. The lowest BCUT2D eigenvalue weighted by molar-refractivity contribution is -0.148. The van der Waals surface area contributed by atoms with Crippen LogP contribution in [0.15, 0.2) is 0 Å². The van der Waals surface area contributed by atoms with E-state index >= 15 is 0 Å². The van der Waals surface area contributed by atoms with Gasteiger partial charge in [0.05, 0.1) is 24.0 Å². The Balaban J connectivity index is 2.86. The summed E-state index contributed by atoms with van der Waals surface area (Å²) < 4.78 is 22.8. The van der Waals surface area contributed by atoms with Crippen molar-refractivity contribution in [1.29, 1.82) is 0 Å². The molecule has 1 fully saturated rings. The zero-order chi connectivity index (χ0) is 15.5. The molecule has 1 saturated heterocycles. The Morgan fingerprint density at radius 1 is 1.25 bits per heavy atom. The van der Waals surface area contributed by atoms with Crippen molar-refractivity contribution in [2.75, 3.05) is 18.1 Å². The van der Waals surface area contributed by atoms with Gasteiger partial charge in [0.1, 0.15) is 6.54 Å². The Morgan fingerprint density at radius 3 is 2.25 bits per heavy atom. The summed E-state index contributed by atoms with van der Waals surface area (Å²) in [6, 6.07) is -2.17. The van der Waals surface area contributed by atoms with E-state index in [9.17, 15) is 22.8 Å². The van der Waals surface area contributed by atoms with Crippen LogP contribution in [0.3, 0.4) is 0 Å². The third-order valence-electron chi connectivity index (χ3n) is 2.95. The van der Waals surface area contributed by atoms with Gasteiger partial charge in [0, 0.05) is 6.04 Å². The molecule has 1 amide bonds. The van der Waals surface area contributed by atoms with Crippen molar-refractivity contribution in [3.05, 3.63) is 0 Å². The minimum Gasteiger partial charge on any atom is -0.481 e. The molecule has 4 N–H and O–H groups in total. The van der Waals surface area contributed by atoms with Crippen LogP contribution in [0.5, 0.6) is 0 Å². The minimum atomic E-state index is -3.30. The van der Waals surface area contributed by atoms with Crippen LogP contribution in [-0.4, -0.2) is 71.5 Å². The standard InChI is InChI=1S/C10H16N2O7S/c11-7(3-8(13)14)10(17)12(4-9(15)16)6-1-2-20(18,19)5-6/h6-7H,1-5,11H2,(H,13,14)(H,15,16). The van der Waals surface area contributed by atoms with Crippen molar-refractivity contribution in [2.45, 2.75) is 24.9 Å². The smallest absolute Gasteiger partial charge is 0.323 e. The van der Waals surface area contributed by atoms with Crippen molar-refractivity contribution in [3.8, 4) is 0 Å². The molecule has 114 valence electrons. The molecule has 2 unspecified atom stereocenters. The van der Waals surface area contributed by atoms with Crippen LogP contribution < -0.4 is 5.73 Å². The molecule has 0 aromatic heterocycles. The molecule has 1 heterocycles. The van der Waals surface area contributed by atoms with Crippen molar-refractivity contribution in [2.24, 2.45) is 5.73 Å². The highest BCUT2D eigenvalue weighted by Crippen LogP contribution is 2.18. The molecule has 0 aliphatic carbocycles. The molecule has 20 heavy (non-hydrogen) atoms. The summed E-state index contributed by atoms with van der Waals surface area (Å²) in [5.74, 6) is -3.93. The summed E-state index contributed by atoms with van der Waals surface area (Å²) in [4.78, 5) is 34.1. The molecule has 1 rings (SSSR count). The van der Waals surface area contributed by atoms with Gasteiger partial charge in [0.25, 0.3) is 0 Å². The number of carbonyl (C=O) groups excluding carboxylic acids is 1. The molecule has 1 aliphatic rings. The second-order valence-electron chi connectivity index (χ2n) is 4.62. The monoisotopic (exact) mass is 308 g/mol. The van der Waals surface area contributed by atoms with E-state index in [1.54, 1.807) is 0 Å². The van der Waals surface area contributed by atoms with Gasteiger partial charge < -0.3 is 20.8 Å². The minimum absolute atomic E-state index is 0.126. The largest absolute Gasteiger partial charge is 0.481 e. The topological polar surface area (TPSA) is 155 Å². The number of hydrogen-bond donors (Lipinski definition) is 3. The average Bonchev–Trinajstić information content (AvgIpc) is 2.64. The number of nitrogens with zero attached hydrogens (tertiary/aromatic N) is 1. The van der Waals surface area contributed by atoms with Gasteiger partial charge in [-0.15, -0.1) is 0 Å². The number of rotatable bonds is 6. The van der Waals surface area contributed by atoms with Crippen molar-refractivity contribution < 1.29 is 33.0 Å². The summed E-state index contributed by atoms with van der Waals surface area (Å²) in [5.41, 5.74) is 5.42. The van der Waals surface area contributed by atoms with Gasteiger partial charge in [-0.1, -0.05) is 0 Å². The van der Waals surface area contributed by atoms with Crippen LogP contribution in [0.1, 0.15) is 12.8 Å².